The highest BCUT2D eigenvalue weighted by Gasteiger charge is 2.32. The molecule has 1 saturated heterocycles. The number of nitrogens with zero attached hydrogens (tertiary/aromatic N) is 3. The number of carbonyl (C=O) groups excluding carboxylic acids is 1. The molecular weight excluding hydrogens is 474 g/mol. The Kier molecular flexibility index (Phi) is 8.42. The van der Waals surface area contributed by atoms with Crippen LogP contribution in [0.15, 0.2) is 59.6 Å². The van der Waals surface area contributed by atoms with Gasteiger partial charge < -0.3 is 4.74 Å². The quantitative estimate of drug-likeness (QED) is 0.168. The highest BCUT2D eigenvalue weighted by atomic mass is 32.2. The first-order chi connectivity index (χ1) is 17.0. The standard InChI is InChI=1S/C28H31N3O2S2/c1-4-5-6-7-11-16-30-27(32)25(35-28(30)34)18-21-19-31(22-12-9-8-10-13-22)29-26(21)24-15-14-23(33-3)17-20(24)2/h8-10,12-15,17-19H,4-7,11,16H2,1-3H3. The summed E-state index contributed by atoms with van der Waals surface area (Å²) < 4.78 is 7.88. The number of thiocarbonyl (C=S) groups is 1. The van der Waals surface area contributed by atoms with Crippen LogP contribution < -0.4 is 4.74 Å². The number of hydrogen-bond acceptors (Lipinski definition) is 5. The normalized spacial score (nSPS) is 14.8. The van der Waals surface area contributed by atoms with Gasteiger partial charge in [0.05, 0.1) is 17.7 Å². The highest BCUT2D eigenvalue weighted by Crippen LogP contribution is 2.36. The number of aryl methyl sites for hydroxylation is 1. The van der Waals surface area contributed by atoms with Gasteiger partial charge in [-0.1, -0.05) is 74.8 Å². The van der Waals surface area contributed by atoms with Crippen molar-refractivity contribution in [1.29, 1.82) is 0 Å². The minimum Gasteiger partial charge on any atom is -0.497 e. The topological polar surface area (TPSA) is 47.4 Å². The summed E-state index contributed by atoms with van der Waals surface area (Å²) in [6.07, 6.45) is 9.64. The largest absolute Gasteiger partial charge is 0.497 e. The van der Waals surface area contributed by atoms with Gasteiger partial charge in [0.25, 0.3) is 5.91 Å². The monoisotopic (exact) mass is 505 g/mol. The van der Waals surface area contributed by atoms with Gasteiger partial charge in [-0.2, -0.15) is 5.10 Å². The molecule has 0 unspecified atom stereocenters. The van der Waals surface area contributed by atoms with Crippen LogP contribution in [-0.2, 0) is 4.79 Å². The molecule has 1 fully saturated rings. The molecule has 1 amide bonds. The first-order valence-electron chi connectivity index (χ1n) is 12.1. The van der Waals surface area contributed by atoms with Gasteiger partial charge in [0, 0.05) is 23.9 Å². The summed E-state index contributed by atoms with van der Waals surface area (Å²) in [7, 11) is 1.66. The maximum atomic E-state index is 13.2. The number of aromatic nitrogens is 2. The lowest BCUT2D eigenvalue weighted by atomic mass is 10.0. The van der Waals surface area contributed by atoms with Gasteiger partial charge >= 0.3 is 0 Å². The second-order valence-corrected chi connectivity index (χ2v) is 10.3. The molecule has 1 aromatic heterocycles. The number of hydrogen-bond donors (Lipinski definition) is 0. The minimum absolute atomic E-state index is 0.0136. The first kappa shape index (κ1) is 25.2. The molecule has 0 N–H and O–H groups in total. The fourth-order valence-electron chi connectivity index (χ4n) is 4.15. The number of ether oxygens (including phenoxy) is 1. The lowest BCUT2D eigenvalue weighted by molar-refractivity contribution is -0.122. The number of thioether (sulfide) groups is 1. The van der Waals surface area contributed by atoms with E-state index in [1.54, 1.807) is 12.0 Å². The van der Waals surface area contributed by atoms with E-state index in [2.05, 4.69) is 6.92 Å². The Bertz CT molecular complexity index is 1230. The van der Waals surface area contributed by atoms with Gasteiger partial charge in [-0.15, -0.1) is 0 Å². The van der Waals surface area contributed by atoms with Crippen molar-refractivity contribution < 1.29 is 9.53 Å². The van der Waals surface area contributed by atoms with E-state index in [0.29, 0.717) is 15.8 Å². The Hall–Kier alpha value is -2.90. The average Bonchev–Trinajstić information content (AvgIpc) is 3.40. The molecule has 5 nitrogen and oxygen atoms in total. The molecule has 182 valence electrons. The molecule has 0 radical (unpaired) electrons. The Morgan fingerprint density at radius 3 is 2.57 bits per heavy atom. The number of unbranched alkanes of at least 4 members (excludes halogenated alkanes) is 4. The molecule has 35 heavy (non-hydrogen) atoms. The average molecular weight is 506 g/mol. The molecule has 0 saturated carbocycles. The Morgan fingerprint density at radius 2 is 1.86 bits per heavy atom. The van der Waals surface area contributed by atoms with Crippen LogP contribution in [0, 0.1) is 6.92 Å². The van der Waals surface area contributed by atoms with E-state index in [9.17, 15) is 4.79 Å². The van der Waals surface area contributed by atoms with Gasteiger partial charge in [0.1, 0.15) is 15.8 Å². The Labute approximate surface area is 217 Å². The predicted molar refractivity (Wildman–Crippen MR) is 149 cm³/mol. The molecule has 1 aliphatic rings. The molecule has 1 aliphatic heterocycles. The second kappa shape index (κ2) is 11.7. The highest BCUT2D eigenvalue weighted by molar-refractivity contribution is 8.26. The van der Waals surface area contributed by atoms with Crippen molar-refractivity contribution in [2.75, 3.05) is 13.7 Å². The molecule has 2 aromatic carbocycles. The van der Waals surface area contributed by atoms with E-state index >= 15 is 0 Å². The maximum Gasteiger partial charge on any atom is 0.266 e. The van der Waals surface area contributed by atoms with Gasteiger partial charge in [-0.3, -0.25) is 9.69 Å². The summed E-state index contributed by atoms with van der Waals surface area (Å²) in [6.45, 7) is 4.93. The molecule has 4 rings (SSSR count). The van der Waals surface area contributed by atoms with Crippen molar-refractivity contribution in [3.8, 4) is 22.7 Å². The van der Waals surface area contributed by atoms with Crippen LogP contribution in [0.2, 0.25) is 0 Å². The molecule has 7 heteroatoms. The number of carbonyl (C=O) groups is 1. The number of rotatable bonds is 10. The molecule has 0 aliphatic carbocycles. The molecule has 0 bridgehead atoms. The van der Waals surface area contributed by atoms with Crippen LogP contribution in [0.25, 0.3) is 23.0 Å². The van der Waals surface area contributed by atoms with Crippen molar-refractivity contribution in [2.24, 2.45) is 0 Å². The van der Waals surface area contributed by atoms with Gasteiger partial charge in [-0.05, 0) is 55.3 Å². The third-order valence-electron chi connectivity index (χ3n) is 6.10. The lowest BCUT2D eigenvalue weighted by Crippen LogP contribution is -2.29. The summed E-state index contributed by atoms with van der Waals surface area (Å²) >= 11 is 6.94. The van der Waals surface area contributed by atoms with E-state index in [1.165, 1.54) is 31.0 Å². The van der Waals surface area contributed by atoms with Crippen LogP contribution in [0.1, 0.15) is 50.2 Å². The summed E-state index contributed by atoms with van der Waals surface area (Å²) in [4.78, 5) is 15.6. The fourth-order valence-corrected chi connectivity index (χ4v) is 5.45. The van der Waals surface area contributed by atoms with E-state index in [0.717, 1.165) is 46.7 Å². The van der Waals surface area contributed by atoms with Gasteiger partial charge in [0.2, 0.25) is 0 Å². The van der Waals surface area contributed by atoms with Crippen LogP contribution in [-0.4, -0.2) is 38.6 Å². The molecular formula is C28H31N3O2S2. The minimum atomic E-state index is -0.0136. The summed E-state index contributed by atoms with van der Waals surface area (Å²) in [5.41, 5.74) is 4.71. The van der Waals surface area contributed by atoms with Crippen molar-refractivity contribution >= 4 is 40.3 Å². The number of para-hydroxylation sites is 1. The zero-order valence-electron chi connectivity index (χ0n) is 20.5. The number of benzene rings is 2. The van der Waals surface area contributed by atoms with Crippen molar-refractivity contribution in [3.63, 3.8) is 0 Å². The van der Waals surface area contributed by atoms with Crippen molar-refractivity contribution in [3.05, 3.63) is 70.8 Å². The Balaban J connectivity index is 1.66. The third kappa shape index (κ3) is 5.85. The smallest absolute Gasteiger partial charge is 0.266 e. The number of methoxy groups -OCH3 is 1. The SMILES string of the molecule is CCCCCCCN1C(=O)C(=Cc2cn(-c3ccccc3)nc2-c2ccc(OC)cc2C)SC1=S. The van der Waals surface area contributed by atoms with Crippen LogP contribution in [0.4, 0.5) is 0 Å². The van der Waals surface area contributed by atoms with Crippen LogP contribution >= 0.6 is 24.0 Å². The molecule has 3 aromatic rings. The second-order valence-electron chi connectivity index (χ2n) is 8.64. The van der Waals surface area contributed by atoms with Crippen LogP contribution in [0.3, 0.4) is 0 Å². The number of amides is 1. The fraction of sp³-hybridized carbons (Fsp3) is 0.321. The zero-order valence-corrected chi connectivity index (χ0v) is 22.1. The summed E-state index contributed by atoms with van der Waals surface area (Å²) in [5, 5.41) is 4.91. The van der Waals surface area contributed by atoms with E-state index in [1.807, 2.05) is 72.4 Å². The Morgan fingerprint density at radius 1 is 1.09 bits per heavy atom. The summed E-state index contributed by atoms with van der Waals surface area (Å²) in [5.74, 6) is 0.787. The summed E-state index contributed by atoms with van der Waals surface area (Å²) in [6, 6.07) is 15.9. The lowest BCUT2D eigenvalue weighted by Gasteiger charge is -2.13. The van der Waals surface area contributed by atoms with E-state index < -0.39 is 0 Å². The van der Waals surface area contributed by atoms with E-state index in [-0.39, 0.29) is 5.91 Å². The van der Waals surface area contributed by atoms with E-state index in [4.69, 9.17) is 22.1 Å². The maximum absolute atomic E-state index is 13.2. The predicted octanol–water partition coefficient (Wildman–Crippen LogP) is 7.03. The van der Waals surface area contributed by atoms with Crippen LogP contribution in [0.5, 0.6) is 5.75 Å². The van der Waals surface area contributed by atoms with Crippen molar-refractivity contribution in [1.82, 2.24) is 14.7 Å². The van der Waals surface area contributed by atoms with Gasteiger partial charge in [-0.25, -0.2) is 4.68 Å². The molecule has 0 spiro atoms. The third-order valence-corrected chi connectivity index (χ3v) is 7.48. The zero-order chi connectivity index (χ0) is 24.8. The molecule has 0 atom stereocenters. The van der Waals surface area contributed by atoms with Gasteiger partial charge in [0.15, 0.2) is 0 Å². The first-order valence-corrected chi connectivity index (χ1v) is 13.3. The molecule has 2 heterocycles. The van der Waals surface area contributed by atoms with Crippen molar-refractivity contribution in [2.45, 2.75) is 46.0 Å².